The second-order valence-corrected chi connectivity index (χ2v) is 4.49. The van der Waals surface area contributed by atoms with Crippen LogP contribution in [0.5, 0.6) is 0 Å². The average molecular weight is 295 g/mol. The van der Waals surface area contributed by atoms with Gasteiger partial charge in [0.1, 0.15) is 6.10 Å². The molecule has 1 aromatic carbocycles. The Morgan fingerprint density at radius 2 is 2.07 bits per heavy atom. The first kappa shape index (κ1) is 12.8. The molecule has 4 N–H and O–H groups in total. The Kier molecular flexibility index (Phi) is 4.86. The maximum atomic E-state index is 9.82. The molecule has 0 fully saturated rings. The molecule has 0 radical (unpaired) electrons. The summed E-state index contributed by atoms with van der Waals surface area (Å²) < 4.78 is 0. The number of aliphatic hydroxyl groups is 2. The minimum atomic E-state index is -0.999. The van der Waals surface area contributed by atoms with Crippen LogP contribution in [0.1, 0.15) is 18.1 Å². The highest BCUT2D eigenvalue weighted by Gasteiger charge is 2.19. The van der Waals surface area contributed by atoms with Gasteiger partial charge in [-0.2, -0.15) is 0 Å². The minimum absolute atomic E-state index is 0.431. The summed E-state index contributed by atoms with van der Waals surface area (Å²) >= 11 is 8.98. The molecule has 0 spiro atoms. The van der Waals surface area contributed by atoms with E-state index in [1.54, 1.807) is 18.2 Å². The molecule has 0 aliphatic heterocycles. The number of alkyl halides is 1. The van der Waals surface area contributed by atoms with Gasteiger partial charge in [-0.1, -0.05) is 27.5 Å². The predicted molar refractivity (Wildman–Crippen MR) is 65.2 cm³/mol. The van der Waals surface area contributed by atoms with Crippen molar-refractivity contribution in [1.29, 1.82) is 0 Å². The Morgan fingerprint density at radius 1 is 1.40 bits per heavy atom. The number of aliphatic hydroxyl groups excluding tert-OH is 2. The molecule has 0 saturated carbocycles. The van der Waals surface area contributed by atoms with Crippen molar-refractivity contribution in [2.45, 2.75) is 18.6 Å². The summed E-state index contributed by atoms with van der Waals surface area (Å²) in [5.74, 6) is 0. The maximum absolute atomic E-state index is 9.82. The number of hydrogen-bond acceptors (Lipinski definition) is 3. The topological polar surface area (TPSA) is 66.5 Å². The first-order valence-corrected chi connectivity index (χ1v) is 6.03. The summed E-state index contributed by atoms with van der Waals surface area (Å²) in [5, 5.41) is 20.5. The van der Waals surface area contributed by atoms with Crippen molar-refractivity contribution < 1.29 is 10.2 Å². The van der Waals surface area contributed by atoms with E-state index in [-0.39, 0.29) is 0 Å². The van der Waals surface area contributed by atoms with Gasteiger partial charge in [-0.15, -0.1) is 0 Å². The zero-order chi connectivity index (χ0) is 11.4. The van der Waals surface area contributed by atoms with Gasteiger partial charge in [0.2, 0.25) is 0 Å². The fraction of sp³-hybridized carbons (Fsp3) is 0.400. The zero-order valence-electron chi connectivity index (χ0n) is 8.03. The molecule has 0 saturated heterocycles. The van der Waals surface area contributed by atoms with Gasteiger partial charge in [-0.25, -0.2) is 0 Å². The normalized spacial score (nSPS) is 14.9. The van der Waals surface area contributed by atoms with E-state index in [0.717, 1.165) is 0 Å². The Hall–Kier alpha value is -0.290. The lowest BCUT2D eigenvalue weighted by Gasteiger charge is -2.19. The van der Waals surface area contributed by atoms with Gasteiger partial charge in [0.05, 0.1) is 6.10 Å². The smallest absolute Gasteiger partial charge is 0.107 e. The first-order chi connectivity index (χ1) is 7.06. The summed E-state index contributed by atoms with van der Waals surface area (Å²) in [6.07, 6.45) is -1.39. The van der Waals surface area contributed by atoms with Crippen molar-refractivity contribution in [2.24, 2.45) is 0 Å². The third-order valence-electron chi connectivity index (χ3n) is 2.14. The molecule has 0 bridgehead atoms. The van der Waals surface area contributed by atoms with E-state index in [1.807, 2.05) is 0 Å². The van der Waals surface area contributed by atoms with E-state index in [1.165, 1.54) is 0 Å². The number of nitrogen functional groups attached to an aromatic ring is 1. The van der Waals surface area contributed by atoms with Crippen LogP contribution >= 0.6 is 27.5 Å². The number of hydrogen-bond donors (Lipinski definition) is 3. The number of benzene rings is 1. The van der Waals surface area contributed by atoms with Crippen LogP contribution in [0.15, 0.2) is 18.2 Å². The summed E-state index contributed by atoms with van der Waals surface area (Å²) in [6.45, 7) is 0. The van der Waals surface area contributed by atoms with Gasteiger partial charge in [0, 0.05) is 21.6 Å². The Labute approximate surface area is 102 Å². The molecule has 0 aliphatic rings. The van der Waals surface area contributed by atoms with Gasteiger partial charge in [0.15, 0.2) is 0 Å². The predicted octanol–water partition coefficient (Wildman–Crippen LogP) is 2.10. The molecule has 1 rings (SSSR count). The van der Waals surface area contributed by atoms with Crippen LogP contribution in [0.4, 0.5) is 5.69 Å². The number of anilines is 1. The van der Waals surface area contributed by atoms with Crippen molar-refractivity contribution in [3.05, 3.63) is 28.8 Å². The Bertz CT molecular complexity index is 335. The Balaban J connectivity index is 2.89. The molecule has 3 nitrogen and oxygen atoms in total. The van der Waals surface area contributed by atoms with Crippen molar-refractivity contribution in [2.75, 3.05) is 11.1 Å². The van der Waals surface area contributed by atoms with Gasteiger partial charge in [-0.3, -0.25) is 0 Å². The van der Waals surface area contributed by atoms with Gasteiger partial charge < -0.3 is 15.9 Å². The number of rotatable bonds is 4. The van der Waals surface area contributed by atoms with E-state index in [0.29, 0.717) is 28.0 Å². The molecule has 84 valence electrons. The van der Waals surface area contributed by atoms with Gasteiger partial charge in [0.25, 0.3) is 0 Å². The average Bonchev–Trinajstić information content (AvgIpc) is 2.21. The summed E-state index contributed by atoms with van der Waals surface area (Å²) in [7, 11) is 0. The Morgan fingerprint density at radius 3 is 2.67 bits per heavy atom. The zero-order valence-corrected chi connectivity index (χ0v) is 10.4. The fourth-order valence-electron chi connectivity index (χ4n) is 1.28. The molecule has 2 unspecified atom stereocenters. The molecule has 0 aliphatic carbocycles. The first-order valence-electron chi connectivity index (χ1n) is 4.53. The van der Waals surface area contributed by atoms with E-state index >= 15 is 0 Å². The van der Waals surface area contributed by atoms with Crippen LogP contribution < -0.4 is 5.73 Å². The van der Waals surface area contributed by atoms with Crippen molar-refractivity contribution in [1.82, 2.24) is 0 Å². The van der Waals surface area contributed by atoms with Crippen LogP contribution in [0.2, 0.25) is 5.02 Å². The van der Waals surface area contributed by atoms with Crippen LogP contribution in [0.25, 0.3) is 0 Å². The molecule has 1 aromatic rings. The molecule has 2 atom stereocenters. The molecule has 15 heavy (non-hydrogen) atoms. The van der Waals surface area contributed by atoms with Crippen LogP contribution in [0, 0.1) is 0 Å². The lowest BCUT2D eigenvalue weighted by Crippen LogP contribution is -2.19. The van der Waals surface area contributed by atoms with Crippen molar-refractivity contribution >= 4 is 33.2 Å². The van der Waals surface area contributed by atoms with E-state index in [4.69, 9.17) is 17.3 Å². The lowest BCUT2D eigenvalue weighted by atomic mass is 10.0. The highest BCUT2D eigenvalue weighted by molar-refractivity contribution is 9.09. The fourth-order valence-corrected chi connectivity index (χ4v) is 1.93. The SMILES string of the molecule is Nc1ccc(Cl)cc1C(O)C(O)CCBr. The van der Waals surface area contributed by atoms with Crippen LogP contribution in [-0.4, -0.2) is 21.6 Å². The molecule has 0 aromatic heterocycles. The van der Waals surface area contributed by atoms with Crippen LogP contribution in [0.3, 0.4) is 0 Å². The lowest BCUT2D eigenvalue weighted by molar-refractivity contribution is 0.0178. The highest BCUT2D eigenvalue weighted by atomic mass is 79.9. The monoisotopic (exact) mass is 293 g/mol. The van der Waals surface area contributed by atoms with Gasteiger partial charge >= 0.3 is 0 Å². The second-order valence-electron chi connectivity index (χ2n) is 3.26. The summed E-state index contributed by atoms with van der Waals surface area (Å²) in [5.41, 5.74) is 6.58. The van der Waals surface area contributed by atoms with E-state index in [2.05, 4.69) is 15.9 Å². The van der Waals surface area contributed by atoms with Crippen molar-refractivity contribution in [3.63, 3.8) is 0 Å². The van der Waals surface area contributed by atoms with Gasteiger partial charge in [-0.05, 0) is 24.6 Å². The third kappa shape index (κ3) is 3.34. The van der Waals surface area contributed by atoms with E-state index in [9.17, 15) is 10.2 Å². The molecular formula is C10H13BrClNO2. The van der Waals surface area contributed by atoms with Crippen LogP contribution in [-0.2, 0) is 0 Å². The van der Waals surface area contributed by atoms with Crippen molar-refractivity contribution in [3.8, 4) is 0 Å². The third-order valence-corrected chi connectivity index (χ3v) is 2.83. The minimum Gasteiger partial charge on any atom is -0.398 e. The molecule has 0 heterocycles. The highest BCUT2D eigenvalue weighted by Crippen LogP contribution is 2.27. The second kappa shape index (κ2) is 5.70. The summed E-state index contributed by atoms with van der Waals surface area (Å²) in [6, 6.07) is 4.82. The quantitative estimate of drug-likeness (QED) is 0.588. The number of nitrogens with two attached hydrogens (primary N) is 1. The number of halogens is 2. The maximum Gasteiger partial charge on any atom is 0.107 e. The molecule has 0 amide bonds. The van der Waals surface area contributed by atoms with E-state index < -0.39 is 12.2 Å². The molecular weight excluding hydrogens is 281 g/mol. The molecule has 5 heteroatoms. The standard InChI is InChI=1S/C10H13BrClNO2/c11-4-3-9(14)10(15)7-5-6(12)1-2-8(7)13/h1-2,5,9-10,14-15H,3-4,13H2. The largest absolute Gasteiger partial charge is 0.398 e. The summed E-state index contributed by atoms with van der Waals surface area (Å²) in [4.78, 5) is 0.